The van der Waals surface area contributed by atoms with Gasteiger partial charge in [0.1, 0.15) is 5.01 Å². The number of aryl methyl sites for hydroxylation is 1. The first-order valence-electron chi connectivity index (χ1n) is 8.81. The number of halogens is 1. The van der Waals surface area contributed by atoms with E-state index in [1.165, 1.54) is 11.3 Å². The van der Waals surface area contributed by atoms with Gasteiger partial charge >= 0.3 is 0 Å². The van der Waals surface area contributed by atoms with Crippen LogP contribution in [0.2, 0.25) is 5.02 Å². The summed E-state index contributed by atoms with van der Waals surface area (Å²) in [6.07, 6.45) is 1.75. The number of rotatable bonds is 7. The van der Waals surface area contributed by atoms with Crippen LogP contribution >= 0.6 is 22.9 Å². The average molecular weight is 415 g/mol. The summed E-state index contributed by atoms with van der Waals surface area (Å²) in [5, 5.41) is 15.3. The average Bonchev–Trinajstić information content (AvgIpc) is 3.17. The van der Waals surface area contributed by atoms with Crippen molar-refractivity contribution in [2.75, 3.05) is 5.32 Å². The number of hydrogen-bond donors (Lipinski definition) is 2. The zero-order valence-electron chi connectivity index (χ0n) is 15.2. The van der Waals surface area contributed by atoms with Crippen molar-refractivity contribution in [2.24, 2.45) is 0 Å². The first-order valence-corrected chi connectivity index (χ1v) is 10.0. The minimum Gasteiger partial charge on any atom is -0.348 e. The number of nitrogens with zero attached hydrogens (tertiary/aromatic N) is 2. The summed E-state index contributed by atoms with van der Waals surface area (Å²) in [4.78, 5) is 24.7. The molecule has 0 unspecified atom stereocenters. The van der Waals surface area contributed by atoms with Crippen LogP contribution < -0.4 is 10.6 Å². The molecule has 0 aliphatic rings. The molecule has 0 saturated carbocycles. The van der Waals surface area contributed by atoms with Crippen LogP contribution in [0.3, 0.4) is 0 Å². The van der Waals surface area contributed by atoms with E-state index < -0.39 is 0 Å². The standard InChI is InChI=1S/C20H19ClN4O2S/c1-2-4-17-24-25-20(28-17)19(27)23-16-6-3-5-14(11-16)18(26)22-12-13-7-9-15(21)10-8-13/h3,5-11H,2,4,12H2,1H3,(H,22,26)(H,23,27). The summed E-state index contributed by atoms with van der Waals surface area (Å²) in [6.45, 7) is 2.43. The Balaban J connectivity index is 1.61. The molecule has 8 heteroatoms. The van der Waals surface area contributed by atoms with Crippen LogP contribution in [0.25, 0.3) is 0 Å². The molecule has 2 aromatic carbocycles. The van der Waals surface area contributed by atoms with Gasteiger partial charge in [-0.2, -0.15) is 0 Å². The smallest absolute Gasteiger partial charge is 0.286 e. The lowest BCUT2D eigenvalue weighted by Gasteiger charge is -2.08. The van der Waals surface area contributed by atoms with Crippen LogP contribution in [-0.2, 0) is 13.0 Å². The molecule has 1 heterocycles. The minimum atomic E-state index is -0.335. The quantitative estimate of drug-likeness (QED) is 0.602. The van der Waals surface area contributed by atoms with Gasteiger partial charge < -0.3 is 10.6 Å². The monoisotopic (exact) mass is 414 g/mol. The second kappa shape index (κ2) is 9.43. The van der Waals surface area contributed by atoms with E-state index in [0.717, 1.165) is 23.4 Å². The molecule has 0 fully saturated rings. The van der Waals surface area contributed by atoms with Gasteiger partial charge in [-0.1, -0.05) is 48.1 Å². The Bertz CT molecular complexity index is 972. The predicted molar refractivity (Wildman–Crippen MR) is 111 cm³/mol. The highest BCUT2D eigenvalue weighted by Crippen LogP contribution is 2.16. The summed E-state index contributed by atoms with van der Waals surface area (Å²) in [7, 11) is 0. The Morgan fingerprint density at radius 3 is 2.61 bits per heavy atom. The van der Waals surface area contributed by atoms with E-state index in [1.807, 2.05) is 19.1 Å². The van der Waals surface area contributed by atoms with Gasteiger partial charge in [-0.15, -0.1) is 10.2 Å². The molecule has 2 N–H and O–H groups in total. The maximum absolute atomic E-state index is 12.4. The Morgan fingerprint density at radius 1 is 1.07 bits per heavy atom. The fourth-order valence-corrected chi connectivity index (χ4v) is 3.43. The minimum absolute atomic E-state index is 0.229. The van der Waals surface area contributed by atoms with E-state index in [9.17, 15) is 9.59 Å². The van der Waals surface area contributed by atoms with Crippen molar-refractivity contribution in [3.8, 4) is 0 Å². The zero-order chi connectivity index (χ0) is 19.9. The first kappa shape index (κ1) is 20.0. The molecule has 0 bridgehead atoms. The molecule has 0 saturated heterocycles. The van der Waals surface area contributed by atoms with Crippen molar-refractivity contribution in [3.05, 3.63) is 74.7 Å². The van der Waals surface area contributed by atoms with E-state index in [4.69, 9.17) is 11.6 Å². The first-order chi connectivity index (χ1) is 13.5. The highest BCUT2D eigenvalue weighted by atomic mass is 35.5. The summed E-state index contributed by atoms with van der Waals surface area (Å²) < 4.78 is 0. The maximum Gasteiger partial charge on any atom is 0.286 e. The summed E-state index contributed by atoms with van der Waals surface area (Å²) in [6, 6.07) is 14.0. The molecule has 144 valence electrons. The highest BCUT2D eigenvalue weighted by Gasteiger charge is 2.14. The van der Waals surface area contributed by atoms with E-state index in [-0.39, 0.29) is 11.8 Å². The third-order valence-corrected chi connectivity index (χ3v) is 5.11. The van der Waals surface area contributed by atoms with Crippen molar-refractivity contribution in [1.82, 2.24) is 15.5 Å². The number of amides is 2. The zero-order valence-corrected chi connectivity index (χ0v) is 16.8. The molecule has 0 atom stereocenters. The highest BCUT2D eigenvalue weighted by molar-refractivity contribution is 7.13. The van der Waals surface area contributed by atoms with Crippen LogP contribution in [0.4, 0.5) is 5.69 Å². The van der Waals surface area contributed by atoms with Crippen molar-refractivity contribution < 1.29 is 9.59 Å². The number of carbonyl (C=O) groups is 2. The van der Waals surface area contributed by atoms with E-state index in [1.54, 1.807) is 36.4 Å². The number of benzene rings is 2. The molecule has 0 aliphatic carbocycles. The van der Waals surface area contributed by atoms with Gasteiger partial charge in [-0.05, 0) is 42.3 Å². The normalized spacial score (nSPS) is 10.5. The van der Waals surface area contributed by atoms with E-state index in [2.05, 4.69) is 20.8 Å². The van der Waals surface area contributed by atoms with Gasteiger partial charge in [0.2, 0.25) is 5.01 Å². The fraction of sp³-hybridized carbons (Fsp3) is 0.200. The Hall–Kier alpha value is -2.77. The van der Waals surface area contributed by atoms with Gasteiger partial charge in [0, 0.05) is 29.2 Å². The molecule has 0 aliphatic heterocycles. The van der Waals surface area contributed by atoms with Gasteiger partial charge in [-0.3, -0.25) is 9.59 Å². The maximum atomic E-state index is 12.4. The van der Waals surface area contributed by atoms with Crippen molar-refractivity contribution in [3.63, 3.8) is 0 Å². The van der Waals surface area contributed by atoms with Crippen LogP contribution in [0.1, 0.15) is 44.1 Å². The second-order valence-electron chi connectivity index (χ2n) is 6.10. The SMILES string of the molecule is CCCc1nnc(C(=O)Nc2cccc(C(=O)NCc3ccc(Cl)cc3)c2)s1. The lowest BCUT2D eigenvalue weighted by atomic mass is 10.1. The molecule has 1 aromatic heterocycles. The van der Waals surface area contributed by atoms with Crippen LogP contribution in [0.5, 0.6) is 0 Å². The molecule has 3 rings (SSSR count). The molecule has 0 spiro atoms. The predicted octanol–water partition coefficient (Wildman–Crippen LogP) is 4.33. The number of carbonyl (C=O) groups excluding carboxylic acids is 2. The van der Waals surface area contributed by atoms with Crippen LogP contribution in [-0.4, -0.2) is 22.0 Å². The Labute approximate surface area is 172 Å². The lowest BCUT2D eigenvalue weighted by molar-refractivity contribution is 0.0949. The number of aromatic nitrogens is 2. The molecule has 6 nitrogen and oxygen atoms in total. The van der Waals surface area contributed by atoms with Crippen LogP contribution in [0, 0.1) is 0 Å². The fourth-order valence-electron chi connectivity index (χ4n) is 2.47. The van der Waals surface area contributed by atoms with Crippen molar-refractivity contribution in [1.29, 1.82) is 0 Å². The molecule has 28 heavy (non-hydrogen) atoms. The van der Waals surface area contributed by atoms with E-state index >= 15 is 0 Å². The van der Waals surface area contributed by atoms with E-state index in [0.29, 0.717) is 27.8 Å². The topological polar surface area (TPSA) is 84.0 Å². The summed E-state index contributed by atoms with van der Waals surface area (Å²) in [5.41, 5.74) is 1.92. The van der Waals surface area contributed by atoms with Gasteiger partial charge in [0.25, 0.3) is 11.8 Å². The Kier molecular flexibility index (Phi) is 6.73. The van der Waals surface area contributed by atoms with Crippen molar-refractivity contribution in [2.45, 2.75) is 26.3 Å². The van der Waals surface area contributed by atoms with Crippen LogP contribution in [0.15, 0.2) is 48.5 Å². The number of nitrogens with one attached hydrogen (secondary N) is 2. The molecular formula is C20H19ClN4O2S. The molecule has 2 amide bonds. The second-order valence-corrected chi connectivity index (χ2v) is 7.59. The molecule has 0 radical (unpaired) electrons. The number of hydrogen-bond acceptors (Lipinski definition) is 5. The van der Waals surface area contributed by atoms with Gasteiger partial charge in [0.05, 0.1) is 0 Å². The lowest BCUT2D eigenvalue weighted by Crippen LogP contribution is -2.23. The summed E-state index contributed by atoms with van der Waals surface area (Å²) in [5.74, 6) is -0.564. The largest absolute Gasteiger partial charge is 0.348 e. The van der Waals surface area contributed by atoms with Crippen molar-refractivity contribution >= 4 is 40.4 Å². The third-order valence-electron chi connectivity index (χ3n) is 3.87. The molecule has 3 aromatic rings. The Morgan fingerprint density at radius 2 is 1.86 bits per heavy atom. The third kappa shape index (κ3) is 5.37. The van der Waals surface area contributed by atoms with Gasteiger partial charge in [-0.25, -0.2) is 0 Å². The molecular weight excluding hydrogens is 396 g/mol. The number of anilines is 1. The van der Waals surface area contributed by atoms with Gasteiger partial charge in [0.15, 0.2) is 0 Å². The summed E-state index contributed by atoms with van der Waals surface area (Å²) >= 11 is 7.14.